The van der Waals surface area contributed by atoms with Crippen molar-refractivity contribution in [2.24, 2.45) is 0 Å². The van der Waals surface area contributed by atoms with E-state index in [1.807, 2.05) is 19.9 Å². The lowest BCUT2D eigenvalue weighted by Crippen LogP contribution is -2.48. The van der Waals surface area contributed by atoms with Crippen molar-refractivity contribution in [3.63, 3.8) is 0 Å². The summed E-state index contributed by atoms with van der Waals surface area (Å²) in [6, 6.07) is 7.96. The molecule has 0 spiro atoms. The number of imide groups is 1. The van der Waals surface area contributed by atoms with Crippen LogP contribution in [0.25, 0.3) is 0 Å². The Morgan fingerprint density at radius 2 is 1.93 bits per heavy atom. The normalized spacial score (nSPS) is 25.9. The average molecular weight is 422 g/mol. The second-order valence-corrected chi connectivity index (χ2v) is 9.82. The van der Waals surface area contributed by atoms with E-state index in [2.05, 4.69) is 5.32 Å². The van der Waals surface area contributed by atoms with Crippen LogP contribution in [0.2, 0.25) is 0 Å². The van der Waals surface area contributed by atoms with E-state index in [0.717, 1.165) is 4.90 Å². The largest absolute Gasteiger partial charge is 0.337 e. The van der Waals surface area contributed by atoms with Gasteiger partial charge in [-0.3, -0.25) is 14.5 Å². The molecule has 2 saturated heterocycles. The van der Waals surface area contributed by atoms with Crippen LogP contribution in [0.5, 0.6) is 0 Å². The fourth-order valence-corrected chi connectivity index (χ4v) is 5.86. The summed E-state index contributed by atoms with van der Waals surface area (Å²) in [7, 11) is -3.15. The minimum Gasteiger partial charge on any atom is -0.337 e. The number of sulfone groups is 1. The summed E-state index contributed by atoms with van der Waals surface area (Å²) in [6.07, 6.45) is 1.40. The molecule has 2 heterocycles. The van der Waals surface area contributed by atoms with E-state index < -0.39 is 45.8 Å². The summed E-state index contributed by atoms with van der Waals surface area (Å²) in [5.74, 6) is -0.874. The standard InChI is InChI=1S/C20H27N3O5S/c1-3-11-22(16-10-12-29(27,28)14-16)17(24)13-23-18(25)20(4-2,21-19(23)26)15-8-6-5-7-9-15/h5-9,16H,3-4,10-14H2,1-2H3,(H,21,26)/t16-,20+/m1/s1. The molecular formula is C20H27N3O5S. The molecule has 3 rings (SSSR count). The number of nitrogens with one attached hydrogen (secondary N) is 1. The summed E-state index contributed by atoms with van der Waals surface area (Å²) in [4.78, 5) is 41.2. The van der Waals surface area contributed by atoms with Gasteiger partial charge in [-0.2, -0.15) is 0 Å². The molecule has 2 aliphatic heterocycles. The maximum atomic E-state index is 13.2. The van der Waals surface area contributed by atoms with E-state index in [1.54, 1.807) is 24.3 Å². The number of carbonyl (C=O) groups is 3. The van der Waals surface area contributed by atoms with Crippen LogP contribution in [0.3, 0.4) is 0 Å². The molecule has 2 aliphatic rings. The molecule has 8 nitrogen and oxygen atoms in total. The van der Waals surface area contributed by atoms with E-state index >= 15 is 0 Å². The number of benzene rings is 1. The van der Waals surface area contributed by atoms with Crippen LogP contribution in [0.4, 0.5) is 4.79 Å². The van der Waals surface area contributed by atoms with Crippen molar-refractivity contribution < 1.29 is 22.8 Å². The van der Waals surface area contributed by atoms with E-state index in [1.165, 1.54) is 4.90 Å². The molecule has 4 amide bonds. The summed E-state index contributed by atoms with van der Waals surface area (Å²) < 4.78 is 23.7. The summed E-state index contributed by atoms with van der Waals surface area (Å²) in [5.41, 5.74) is -0.520. The molecular weight excluding hydrogens is 394 g/mol. The van der Waals surface area contributed by atoms with Gasteiger partial charge in [-0.1, -0.05) is 44.2 Å². The fourth-order valence-electron chi connectivity index (χ4n) is 4.13. The van der Waals surface area contributed by atoms with Crippen LogP contribution in [0, 0.1) is 0 Å². The van der Waals surface area contributed by atoms with Gasteiger partial charge in [0.2, 0.25) is 5.91 Å². The van der Waals surface area contributed by atoms with Crippen LogP contribution in [-0.2, 0) is 25.0 Å². The predicted octanol–water partition coefficient (Wildman–Crippen LogP) is 1.27. The monoisotopic (exact) mass is 421 g/mol. The molecule has 2 fully saturated rings. The van der Waals surface area contributed by atoms with Gasteiger partial charge in [0.25, 0.3) is 5.91 Å². The molecule has 29 heavy (non-hydrogen) atoms. The Balaban J connectivity index is 1.80. The van der Waals surface area contributed by atoms with E-state index in [4.69, 9.17) is 0 Å². The highest BCUT2D eigenvalue weighted by molar-refractivity contribution is 7.91. The van der Waals surface area contributed by atoms with Gasteiger partial charge in [0.15, 0.2) is 9.84 Å². The Bertz CT molecular complexity index is 902. The first-order valence-electron chi connectivity index (χ1n) is 9.93. The van der Waals surface area contributed by atoms with Gasteiger partial charge < -0.3 is 10.2 Å². The van der Waals surface area contributed by atoms with Gasteiger partial charge in [0.05, 0.1) is 11.5 Å². The third-order valence-electron chi connectivity index (χ3n) is 5.70. The SMILES string of the molecule is CCCN(C(=O)CN1C(=O)N[C@@](CC)(c2ccccc2)C1=O)[C@@H]1CCS(=O)(=O)C1. The topological polar surface area (TPSA) is 104 Å². The number of nitrogens with zero attached hydrogens (tertiary/aromatic N) is 2. The number of hydrogen-bond acceptors (Lipinski definition) is 5. The first kappa shape index (κ1) is 21.3. The Morgan fingerprint density at radius 1 is 1.24 bits per heavy atom. The van der Waals surface area contributed by atoms with Crippen LogP contribution < -0.4 is 5.32 Å². The number of amides is 4. The van der Waals surface area contributed by atoms with Gasteiger partial charge in [-0.05, 0) is 24.8 Å². The minimum absolute atomic E-state index is 0.0568. The predicted molar refractivity (Wildman–Crippen MR) is 108 cm³/mol. The van der Waals surface area contributed by atoms with Crippen molar-refractivity contribution >= 4 is 27.7 Å². The zero-order valence-corrected chi connectivity index (χ0v) is 17.6. The van der Waals surface area contributed by atoms with Crippen LogP contribution >= 0.6 is 0 Å². The lowest BCUT2D eigenvalue weighted by atomic mass is 9.87. The van der Waals surface area contributed by atoms with E-state index in [0.29, 0.717) is 31.4 Å². The quantitative estimate of drug-likeness (QED) is 0.668. The molecule has 0 unspecified atom stereocenters. The highest BCUT2D eigenvalue weighted by atomic mass is 32.2. The van der Waals surface area contributed by atoms with Crippen LogP contribution in [0.15, 0.2) is 30.3 Å². The maximum Gasteiger partial charge on any atom is 0.325 e. The molecule has 0 aromatic heterocycles. The smallest absolute Gasteiger partial charge is 0.325 e. The van der Waals surface area contributed by atoms with Crippen molar-refractivity contribution in [3.05, 3.63) is 35.9 Å². The first-order valence-corrected chi connectivity index (χ1v) is 11.8. The molecule has 0 radical (unpaired) electrons. The van der Waals surface area contributed by atoms with Gasteiger partial charge in [-0.15, -0.1) is 0 Å². The van der Waals surface area contributed by atoms with Gasteiger partial charge in [0, 0.05) is 12.6 Å². The Kier molecular flexibility index (Phi) is 5.97. The summed E-state index contributed by atoms with van der Waals surface area (Å²) >= 11 is 0. The zero-order chi connectivity index (χ0) is 21.2. The first-order chi connectivity index (χ1) is 13.7. The summed E-state index contributed by atoms with van der Waals surface area (Å²) in [6.45, 7) is 3.70. The molecule has 0 aliphatic carbocycles. The van der Waals surface area contributed by atoms with Crippen molar-refractivity contribution in [1.82, 2.24) is 15.1 Å². The number of carbonyl (C=O) groups excluding carboxylic acids is 3. The van der Waals surface area contributed by atoms with Crippen LogP contribution in [0.1, 0.15) is 38.7 Å². The molecule has 9 heteroatoms. The van der Waals surface area contributed by atoms with Gasteiger partial charge in [-0.25, -0.2) is 13.2 Å². The minimum atomic E-state index is -3.15. The Morgan fingerprint density at radius 3 is 2.48 bits per heavy atom. The Hall–Kier alpha value is -2.42. The molecule has 158 valence electrons. The highest BCUT2D eigenvalue weighted by Crippen LogP contribution is 2.32. The number of urea groups is 1. The van der Waals surface area contributed by atoms with Crippen molar-refractivity contribution in [2.75, 3.05) is 24.6 Å². The molecule has 2 atom stereocenters. The second-order valence-electron chi connectivity index (χ2n) is 7.59. The number of hydrogen-bond donors (Lipinski definition) is 1. The lowest BCUT2D eigenvalue weighted by Gasteiger charge is -2.30. The third-order valence-corrected chi connectivity index (χ3v) is 7.45. The lowest BCUT2D eigenvalue weighted by molar-refractivity contribution is -0.140. The van der Waals surface area contributed by atoms with Gasteiger partial charge in [0.1, 0.15) is 12.1 Å². The molecule has 1 aromatic rings. The third kappa shape index (κ3) is 4.01. The fraction of sp³-hybridized carbons (Fsp3) is 0.550. The molecule has 0 saturated carbocycles. The van der Waals surface area contributed by atoms with Crippen molar-refractivity contribution in [2.45, 2.75) is 44.7 Å². The summed E-state index contributed by atoms with van der Waals surface area (Å²) in [5, 5.41) is 2.76. The Labute approximate surface area is 171 Å². The van der Waals surface area contributed by atoms with Crippen LogP contribution in [-0.4, -0.2) is 66.7 Å². The molecule has 0 bridgehead atoms. The highest BCUT2D eigenvalue weighted by Gasteiger charge is 2.52. The molecule has 1 aromatic carbocycles. The second kappa shape index (κ2) is 8.14. The van der Waals surface area contributed by atoms with Crippen molar-refractivity contribution in [3.8, 4) is 0 Å². The molecule has 1 N–H and O–H groups in total. The maximum absolute atomic E-state index is 13.2. The number of rotatable bonds is 7. The van der Waals surface area contributed by atoms with Gasteiger partial charge >= 0.3 is 6.03 Å². The average Bonchev–Trinajstić information content (AvgIpc) is 3.18. The zero-order valence-electron chi connectivity index (χ0n) is 16.8. The van der Waals surface area contributed by atoms with Crippen molar-refractivity contribution in [1.29, 1.82) is 0 Å². The van der Waals surface area contributed by atoms with E-state index in [9.17, 15) is 22.8 Å². The van der Waals surface area contributed by atoms with E-state index in [-0.39, 0.29) is 11.5 Å².